The van der Waals surface area contributed by atoms with Gasteiger partial charge in [0.1, 0.15) is 18.3 Å². The minimum atomic E-state index is -0.486. The molecule has 0 saturated carbocycles. The summed E-state index contributed by atoms with van der Waals surface area (Å²) in [4.78, 5) is 12.3. The standard InChI is InChI=1S/C31H38N2O5/c1-23(34)33-29-27(17-18-32)38-28(22-35-19-24-11-5-2-6-12-24)30(36-20-25-13-7-3-8-14-25)31(29)37-21-26-15-9-4-10-16-26/h2-16,27-31H,17-22,32H2,1H3,(H,33,34)/t27-,28-,29+,30-,31-/m1/s1. The lowest BCUT2D eigenvalue weighted by atomic mass is 9.90. The number of hydrogen-bond donors (Lipinski definition) is 2. The Morgan fingerprint density at radius 2 is 1.26 bits per heavy atom. The highest BCUT2D eigenvalue weighted by Crippen LogP contribution is 2.30. The first kappa shape index (κ1) is 28.0. The van der Waals surface area contributed by atoms with Crippen LogP contribution in [0.25, 0.3) is 0 Å². The Kier molecular flexibility index (Phi) is 10.9. The van der Waals surface area contributed by atoms with Gasteiger partial charge in [0, 0.05) is 6.92 Å². The summed E-state index contributed by atoms with van der Waals surface area (Å²) < 4.78 is 25.7. The number of hydrogen-bond acceptors (Lipinski definition) is 6. The minimum absolute atomic E-state index is 0.158. The van der Waals surface area contributed by atoms with Crippen molar-refractivity contribution in [3.8, 4) is 0 Å². The number of nitrogens with two attached hydrogens (primary N) is 1. The molecule has 1 saturated heterocycles. The summed E-state index contributed by atoms with van der Waals surface area (Å²) in [6.45, 7) is 3.44. The molecule has 0 radical (unpaired) electrons. The third-order valence-corrected chi connectivity index (χ3v) is 6.58. The van der Waals surface area contributed by atoms with Gasteiger partial charge >= 0.3 is 0 Å². The van der Waals surface area contributed by atoms with Crippen LogP contribution in [0.5, 0.6) is 0 Å². The smallest absolute Gasteiger partial charge is 0.217 e. The van der Waals surface area contributed by atoms with Crippen LogP contribution in [0.3, 0.4) is 0 Å². The second-order valence-electron chi connectivity index (χ2n) is 9.54. The van der Waals surface area contributed by atoms with E-state index in [0.717, 1.165) is 16.7 Å². The van der Waals surface area contributed by atoms with E-state index >= 15 is 0 Å². The van der Waals surface area contributed by atoms with Crippen LogP contribution in [0.2, 0.25) is 0 Å². The van der Waals surface area contributed by atoms with E-state index in [1.807, 2.05) is 91.0 Å². The fourth-order valence-electron chi connectivity index (χ4n) is 4.77. The quantitative estimate of drug-likeness (QED) is 0.356. The van der Waals surface area contributed by atoms with Crippen LogP contribution in [0.1, 0.15) is 30.0 Å². The molecule has 0 bridgehead atoms. The van der Waals surface area contributed by atoms with Crippen molar-refractivity contribution in [1.82, 2.24) is 5.32 Å². The summed E-state index contributed by atoms with van der Waals surface area (Å²) in [5.74, 6) is -0.158. The summed E-state index contributed by atoms with van der Waals surface area (Å²) >= 11 is 0. The van der Waals surface area contributed by atoms with Gasteiger partial charge in [-0.2, -0.15) is 0 Å². The highest BCUT2D eigenvalue weighted by molar-refractivity contribution is 5.73. The maximum atomic E-state index is 12.3. The molecule has 3 aromatic carbocycles. The number of benzene rings is 3. The number of ether oxygens (including phenoxy) is 4. The number of nitrogens with one attached hydrogen (secondary N) is 1. The lowest BCUT2D eigenvalue weighted by Gasteiger charge is -2.46. The average Bonchev–Trinajstić information content (AvgIpc) is 2.94. The first-order chi connectivity index (χ1) is 18.6. The first-order valence-corrected chi connectivity index (χ1v) is 13.2. The lowest BCUT2D eigenvalue weighted by Crippen LogP contribution is -2.65. The van der Waals surface area contributed by atoms with Crippen LogP contribution in [0, 0.1) is 0 Å². The van der Waals surface area contributed by atoms with E-state index in [1.165, 1.54) is 6.92 Å². The molecule has 0 aliphatic carbocycles. The van der Waals surface area contributed by atoms with Crippen molar-refractivity contribution >= 4 is 5.91 Å². The molecule has 1 aliphatic rings. The molecule has 0 spiro atoms. The highest BCUT2D eigenvalue weighted by atomic mass is 16.6. The molecule has 1 fully saturated rings. The van der Waals surface area contributed by atoms with Gasteiger partial charge in [0.25, 0.3) is 0 Å². The van der Waals surface area contributed by atoms with Crippen LogP contribution >= 0.6 is 0 Å². The zero-order chi connectivity index (χ0) is 26.6. The second-order valence-corrected chi connectivity index (χ2v) is 9.54. The monoisotopic (exact) mass is 518 g/mol. The van der Waals surface area contributed by atoms with Gasteiger partial charge in [-0.25, -0.2) is 0 Å². The molecule has 1 aliphatic heterocycles. The van der Waals surface area contributed by atoms with E-state index in [4.69, 9.17) is 24.7 Å². The van der Waals surface area contributed by atoms with E-state index in [0.29, 0.717) is 39.4 Å². The van der Waals surface area contributed by atoms with Crippen LogP contribution < -0.4 is 11.1 Å². The van der Waals surface area contributed by atoms with Crippen LogP contribution in [0.15, 0.2) is 91.0 Å². The van der Waals surface area contributed by atoms with Gasteiger partial charge in [-0.1, -0.05) is 91.0 Å². The summed E-state index contributed by atoms with van der Waals surface area (Å²) in [5.41, 5.74) is 9.11. The van der Waals surface area contributed by atoms with E-state index in [1.54, 1.807) is 0 Å². The Hall–Kier alpha value is -3.07. The Labute approximate surface area is 225 Å². The summed E-state index contributed by atoms with van der Waals surface area (Å²) in [7, 11) is 0. The number of amides is 1. The molecule has 1 heterocycles. The molecular formula is C31H38N2O5. The van der Waals surface area contributed by atoms with Crippen LogP contribution in [-0.2, 0) is 43.6 Å². The normalized spacial score (nSPS) is 23.2. The Morgan fingerprint density at radius 1 is 0.763 bits per heavy atom. The zero-order valence-corrected chi connectivity index (χ0v) is 21.9. The molecule has 7 nitrogen and oxygen atoms in total. The molecule has 7 heteroatoms. The van der Waals surface area contributed by atoms with E-state index in [2.05, 4.69) is 5.32 Å². The second kappa shape index (κ2) is 14.8. The van der Waals surface area contributed by atoms with Gasteiger partial charge in [-0.15, -0.1) is 0 Å². The van der Waals surface area contributed by atoms with Crippen molar-refractivity contribution in [2.24, 2.45) is 5.73 Å². The fourth-order valence-corrected chi connectivity index (χ4v) is 4.77. The molecule has 3 aromatic rings. The lowest BCUT2D eigenvalue weighted by molar-refractivity contribution is -0.233. The number of rotatable bonds is 13. The largest absolute Gasteiger partial charge is 0.374 e. The van der Waals surface area contributed by atoms with Crippen molar-refractivity contribution < 1.29 is 23.7 Å². The van der Waals surface area contributed by atoms with Gasteiger partial charge in [-0.3, -0.25) is 4.79 Å². The highest BCUT2D eigenvalue weighted by Gasteiger charge is 2.47. The molecule has 1 amide bonds. The Bertz CT molecular complexity index is 1080. The maximum absolute atomic E-state index is 12.3. The molecule has 202 valence electrons. The summed E-state index contributed by atoms with van der Waals surface area (Å²) in [6.07, 6.45) is -1.15. The predicted molar refractivity (Wildman–Crippen MR) is 146 cm³/mol. The van der Waals surface area contributed by atoms with Gasteiger partial charge in [-0.05, 0) is 29.7 Å². The molecule has 0 unspecified atom stereocenters. The minimum Gasteiger partial charge on any atom is -0.374 e. The number of carbonyl (C=O) groups excluding carboxylic acids is 1. The van der Waals surface area contributed by atoms with E-state index < -0.39 is 24.4 Å². The zero-order valence-electron chi connectivity index (χ0n) is 21.9. The van der Waals surface area contributed by atoms with Crippen molar-refractivity contribution in [2.45, 2.75) is 63.6 Å². The van der Waals surface area contributed by atoms with Crippen LogP contribution in [0.4, 0.5) is 0 Å². The van der Waals surface area contributed by atoms with Crippen molar-refractivity contribution in [2.75, 3.05) is 13.2 Å². The van der Waals surface area contributed by atoms with Crippen molar-refractivity contribution in [1.29, 1.82) is 0 Å². The summed E-state index contributed by atoms with van der Waals surface area (Å²) in [6, 6.07) is 29.6. The Balaban J connectivity index is 1.58. The van der Waals surface area contributed by atoms with Crippen molar-refractivity contribution in [3.63, 3.8) is 0 Å². The Morgan fingerprint density at radius 3 is 1.76 bits per heavy atom. The van der Waals surface area contributed by atoms with E-state index in [9.17, 15) is 4.79 Å². The van der Waals surface area contributed by atoms with Crippen LogP contribution in [-0.4, -0.2) is 49.5 Å². The molecular weight excluding hydrogens is 480 g/mol. The molecule has 4 rings (SSSR count). The third-order valence-electron chi connectivity index (χ3n) is 6.58. The maximum Gasteiger partial charge on any atom is 0.217 e. The molecule has 0 aromatic heterocycles. The third kappa shape index (κ3) is 8.21. The molecule has 5 atom stereocenters. The number of carbonyl (C=O) groups is 1. The molecule has 38 heavy (non-hydrogen) atoms. The average molecular weight is 519 g/mol. The van der Waals surface area contributed by atoms with Gasteiger partial charge < -0.3 is 30.0 Å². The SMILES string of the molecule is CC(=O)N[C@@H]1[C@@H](OCc2ccccc2)[C@H](OCc2ccccc2)[C@@H](COCc2ccccc2)O[C@@H]1CCN. The summed E-state index contributed by atoms with van der Waals surface area (Å²) in [5, 5.41) is 3.07. The van der Waals surface area contributed by atoms with Gasteiger partial charge in [0.15, 0.2) is 0 Å². The first-order valence-electron chi connectivity index (χ1n) is 13.2. The fraction of sp³-hybridized carbons (Fsp3) is 0.387. The topological polar surface area (TPSA) is 92.0 Å². The van der Waals surface area contributed by atoms with Gasteiger partial charge in [0.2, 0.25) is 5.91 Å². The predicted octanol–water partition coefficient (Wildman–Crippen LogP) is 3.99. The van der Waals surface area contributed by atoms with E-state index in [-0.39, 0.29) is 12.0 Å². The van der Waals surface area contributed by atoms with Crippen molar-refractivity contribution in [3.05, 3.63) is 108 Å². The molecule has 3 N–H and O–H groups in total. The van der Waals surface area contributed by atoms with Gasteiger partial charge in [0.05, 0.1) is 38.6 Å².